The van der Waals surface area contributed by atoms with Gasteiger partial charge < -0.3 is 20.1 Å². The number of rotatable bonds is 7. The monoisotopic (exact) mass is 258 g/mol. The van der Waals surface area contributed by atoms with Crippen LogP contribution in [0.5, 0.6) is 0 Å². The fourth-order valence-corrected chi connectivity index (χ4v) is 1.91. The summed E-state index contributed by atoms with van der Waals surface area (Å²) >= 11 is 0. The molecule has 0 spiro atoms. The van der Waals surface area contributed by atoms with E-state index < -0.39 is 5.97 Å². The number of ether oxygens (including phenoxy) is 1. The van der Waals surface area contributed by atoms with Gasteiger partial charge in [-0.1, -0.05) is 0 Å². The zero-order chi connectivity index (χ0) is 13.5. The van der Waals surface area contributed by atoms with Crippen LogP contribution in [0.2, 0.25) is 0 Å². The fraction of sp³-hybridized carbons (Fsp3) is 0.833. The van der Waals surface area contributed by atoms with Crippen molar-refractivity contribution in [1.82, 2.24) is 10.2 Å². The largest absolute Gasteiger partial charge is 0.481 e. The van der Waals surface area contributed by atoms with Gasteiger partial charge in [-0.3, -0.25) is 4.79 Å². The maximum atomic E-state index is 11.7. The second-order valence-corrected chi connectivity index (χ2v) is 4.61. The van der Waals surface area contributed by atoms with Crippen molar-refractivity contribution in [2.75, 3.05) is 20.2 Å². The number of carboxylic acids is 1. The van der Waals surface area contributed by atoms with Crippen LogP contribution in [-0.4, -0.2) is 54.4 Å². The molecule has 1 aliphatic rings. The number of urea groups is 1. The molecule has 0 saturated heterocycles. The van der Waals surface area contributed by atoms with Crippen molar-refractivity contribution >= 4 is 12.0 Å². The molecule has 0 aliphatic heterocycles. The molecule has 1 aliphatic carbocycles. The number of carbonyl (C=O) groups excluding carboxylic acids is 1. The predicted molar refractivity (Wildman–Crippen MR) is 66.5 cm³/mol. The number of hydrogen-bond donors (Lipinski definition) is 2. The highest BCUT2D eigenvalue weighted by Crippen LogP contribution is 2.23. The van der Waals surface area contributed by atoms with Crippen LogP contribution in [0.25, 0.3) is 0 Å². The van der Waals surface area contributed by atoms with Crippen molar-refractivity contribution < 1.29 is 19.4 Å². The molecule has 0 aromatic heterocycles. The van der Waals surface area contributed by atoms with E-state index in [0.717, 1.165) is 12.8 Å². The van der Waals surface area contributed by atoms with Gasteiger partial charge in [0.15, 0.2) is 0 Å². The van der Waals surface area contributed by atoms with E-state index in [2.05, 4.69) is 5.32 Å². The zero-order valence-electron chi connectivity index (χ0n) is 11.0. The molecule has 0 bridgehead atoms. The molecule has 2 N–H and O–H groups in total. The lowest BCUT2D eigenvalue weighted by Crippen LogP contribution is -2.51. The Morgan fingerprint density at radius 3 is 2.67 bits per heavy atom. The highest BCUT2D eigenvalue weighted by Gasteiger charge is 2.31. The summed E-state index contributed by atoms with van der Waals surface area (Å²) in [6.07, 6.45) is 2.57. The molecule has 0 atom stereocenters. The van der Waals surface area contributed by atoms with E-state index in [4.69, 9.17) is 9.84 Å². The molecule has 2 amide bonds. The molecule has 0 unspecified atom stereocenters. The summed E-state index contributed by atoms with van der Waals surface area (Å²) in [6.45, 7) is 3.13. The van der Waals surface area contributed by atoms with E-state index >= 15 is 0 Å². The summed E-state index contributed by atoms with van der Waals surface area (Å²) in [5.74, 6) is -0.831. The van der Waals surface area contributed by atoms with Crippen molar-refractivity contribution in [2.24, 2.45) is 0 Å². The Morgan fingerprint density at radius 1 is 1.44 bits per heavy atom. The van der Waals surface area contributed by atoms with E-state index in [1.807, 2.05) is 6.92 Å². The molecule has 1 rings (SSSR count). The Bertz CT molecular complexity index is 290. The van der Waals surface area contributed by atoms with Gasteiger partial charge in [-0.15, -0.1) is 0 Å². The van der Waals surface area contributed by atoms with Gasteiger partial charge in [0.1, 0.15) is 0 Å². The van der Waals surface area contributed by atoms with Crippen molar-refractivity contribution in [3.05, 3.63) is 0 Å². The standard InChI is InChI=1S/C12H22N2O4/c1-3-18-10-7-9(8-10)13-12(17)14(2)6-4-5-11(15)16/h9-10H,3-8H2,1-2H3,(H,13,17)(H,15,16). The van der Waals surface area contributed by atoms with Crippen LogP contribution in [0.4, 0.5) is 4.79 Å². The van der Waals surface area contributed by atoms with Crippen molar-refractivity contribution in [1.29, 1.82) is 0 Å². The molecule has 1 saturated carbocycles. The van der Waals surface area contributed by atoms with E-state index in [0.29, 0.717) is 19.6 Å². The Morgan fingerprint density at radius 2 is 2.11 bits per heavy atom. The molecule has 104 valence electrons. The van der Waals surface area contributed by atoms with Gasteiger partial charge in [0.2, 0.25) is 0 Å². The first-order chi connectivity index (χ1) is 8.52. The van der Waals surface area contributed by atoms with Gasteiger partial charge in [0.05, 0.1) is 6.10 Å². The maximum Gasteiger partial charge on any atom is 0.317 e. The minimum absolute atomic E-state index is 0.0907. The number of carboxylic acid groups (broad SMARTS) is 1. The summed E-state index contributed by atoms with van der Waals surface area (Å²) in [5, 5.41) is 11.4. The van der Waals surface area contributed by atoms with E-state index in [1.54, 1.807) is 7.05 Å². The second kappa shape index (κ2) is 7.20. The summed E-state index contributed by atoms with van der Waals surface area (Å²) in [7, 11) is 1.68. The number of hydrogen-bond acceptors (Lipinski definition) is 3. The van der Waals surface area contributed by atoms with E-state index in [9.17, 15) is 9.59 Å². The van der Waals surface area contributed by atoms with Gasteiger partial charge in [0, 0.05) is 32.7 Å². The van der Waals surface area contributed by atoms with Gasteiger partial charge in [-0.2, -0.15) is 0 Å². The Hall–Kier alpha value is -1.30. The van der Waals surface area contributed by atoms with Gasteiger partial charge in [-0.05, 0) is 26.2 Å². The number of aliphatic carboxylic acids is 1. The number of carbonyl (C=O) groups is 2. The second-order valence-electron chi connectivity index (χ2n) is 4.61. The Kier molecular flexibility index (Phi) is 5.91. The number of nitrogens with one attached hydrogen (secondary N) is 1. The quantitative estimate of drug-likeness (QED) is 0.715. The highest BCUT2D eigenvalue weighted by molar-refractivity contribution is 5.74. The van der Waals surface area contributed by atoms with Gasteiger partial charge >= 0.3 is 12.0 Å². The molecular weight excluding hydrogens is 236 g/mol. The van der Waals surface area contributed by atoms with Gasteiger partial charge in [-0.25, -0.2) is 4.79 Å². The fourth-order valence-electron chi connectivity index (χ4n) is 1.91. The number of amides is 2. The summed E-state index contributed by atoms with van der Waals surface area (Å²) in [5.41, 5.74) is 0. The average Bonchev–Trinajstić information content (AvgIpc) is 2.25. The van der Waals surface area contributed by atoms with E-state index in [-0.39, 0.29) is 24.6 Å². The topological polar surface area (TPSA) is 78.9 Å². The lowest BCUT2D eigenvalue weighted by Gasteiger charge is -2.36. The van der Waals surface area contributed by atoms with Crippen LogP contribution in [-0.2, 0) is 9.53 Å². The lowest BCUT2D eigenvalue weighted by atomic mass is 9.89. The smallest absolute Gasteiger partial charge is 0.317 e. The molecule has 6 nitrogen and oxygen atoms in total. The minimum Gasteiger partial charge on any atom is -0.481 e. The summed E-state index contributed by atoms with van der Waals surface area (Å²) < 4.78 is 5.41. The molecule has 0 aromatic carbocycles. The molecule has 1 fully saturated rings. The predicted octanol–water partition coefficient (Wildman–Crippen LogP) is 1.06. The van der Waals surface area contributed by atoms with E-state index in [1.165, 1.54) is 4.90 Å². The zero-order valence-corrected chi connectivity index (χ0v) is 11.0. The molecule has 6 heteroatoms. The first-order valence-electron chi connectivity index (χ1n) is 6.38. The SMILES string of the molecule is CCOC1CC(NC(=O)N(C)CCCC(=O)O)C1. The summed E-state index contributed by atoms with van der Waals surface area (Å²) in [6, 6.07) is 0.0521. The summed E-state index contributed by atoms with van der Waals surface area (Å²) in [4.78, 5) is 23.6. The van der Waals surface area contributed by atoms with Crippen LogP contribution in [0.15, 0.2) is 0 Å². The highest BCUT2D eigenvalue weighted by atomic mass is 16.5. The first-order valence-corrected chi connectivity index (χ1v) is 6.38. The van der Waals surface area contributed by atoms with Crippen LogP contribution in [0, 0.1) is 0 Å². The maximum absolute atomic E-state index is 11.7. The molecule has 18 heavy (non-hydrogen) atoms. The molecular formula is C12H22N2O4. The third-order valence-electron chi connectivity index (χ3n) is 3.06. The minimum atomic E-state index is -0.831. The molecule has 0 aromatic rings. The van der Waals surface area contributed by atoms with Crippen molar-refractivity contribution in [2.45, 2.75) is 44.8 Å². The first kappa shape index (κ1) is 14.8. The van der Waals surface area contributed by atoms with Crippen molar-refractivity contribution in [3.63, 3.8) is 0 Å². The molecule has 0 radical (unpaired) electrons. The Balaban J connectivity index is 2.11. The third kappa shape index (κ3) is 4.91. The normalized spacial score (nSPS) is 22.1. The lowest BCUT2D eigenvalue weighted by molar-refractivity contribution is -0.137. The van der Waals surface area contributed by atoms with Crippen LogP contribution < -0.4 is 5.32 Å². The number of nitrogens with zero attached hydrogens (tertiary/aromatic N) is 1. The average molecular weight is 258 g/mol. The van der Waals surface area contributed by atoms with Crippen molar-refractivity contribution in [3.8, 4) is 0 Å². The third-order valence-corrected chi connectivity index (χ3v) is 3.06. The van der Waals surface area contributed by atoms with Crippen LogP contribution in [0.3, 0.4) is 0 Å². The van der Waals surface area contributed by atoms with Gasteiger partial charge in [0.25, 0.3) is 0 Å². The van der Waals surface area contributed by atoms with Crippen LogP contribution in [0.1, 0.15) is 32.6 Å². The van der Waals surface area contributed by atoms with Crippen LogP contribution >= 0.6 is 0 Å². The Labute approximate surface area is 107 Å². The molecule has 0 heterocycles.